The van der Waals surface area contributed by atoms with E-state index in [-0.39, 0.29) is 24.3 Å². The number of pyridine rings is 1. The van der Waals surface area contributed by atoms with Crippen molar-refractivity contribution in [2.24, 2.45) is 0 Å². The van der Waals surface area contributed by atoms with Crippen LogP contribution in [0.5, 0.6) is 0 Å². The number of ether oxygens (including phenoxy) is 1. The van der Waals surface area contributed by atoms with Crippen molar-refractivity contribution in [2.75, 3.05) is 62.3 Å². The number of thiophene rings is 1. The molecule has 3 aromatic rings. The number of aliphatic hydroxyl groups excluding tert-OH is 1. The number of nitrogens with one attached hydrogen (secondary N) is 3. The van der Waals surface area contributed by atoms with Crippen LogP contribution in [0.25, 0.3) is 11.1 Å². The van der Waals surface area contributed by atoms with Crippen LogP contribution in [0.2, 0.25) is 0 Å². The molecule has 2 aliphatic heterocycles. The highest BCUT2D eigenvalue weighted by atomic mass is 32.2. The molecule has 44 heavy (non-hydrogen) atoms. The van der Waals surface area contributed by atoms with Crippen molar-refractivity contribution in [2.45, 2.75) is 45.9 Å². The number of nitrogens with zero attached hydrogens (tertiary/aromatic N) is 3. The lowest BCUT2D eigenvalue weighted by molar-refractivity contribution is 0.00948. The average molecular weight is 643 g/mol. The molecule has 0 radical (unpaired) electrons. The van der Waals surface area contributed by atoms with E-state index in [9.17, 15) is 18.3 Å². The molecule has 13 heteroatoms. The van der Waals surface area contributed by atoms with Gasteiger partial charge in [0.25, 0.3) is 0 Å². The highest BCUT2D eigenvalue weighted by Gasteiger charge is 2.29. The molecular weight excluding hydrogens is 601 g/mol. The molecule has 2 saturated heterocycles. The fourth-order valence-electron chi connectivity index (χ4n) is 5.21. The summed E-state index contributed by atoms with van der Waals surface area (Å²) in [6.07, 6.45) is 0.802. The summed E-state index contributed by atoms with van der Waals surface area (Å²) in [4.78, 5) is 23.0. The number of urea groups is 1. The summed E-state index contributed by atoms with van der Waals surface area (Å²) < 4.78 is 32.0. The third-order valence-corrected chi connectivity index (χ3v) is 10.7. The second kappa shape index (κ2) is 13.6. The summed E-state index contributed by atoms with van der Waals surface area (Å²) in [6, 6.07) is 11.3. The number of aromatic nitrogens is 1. The maximum atomic E-state index is 13.3. The van der Waals surface area contributed by atoms with Gasteiger partial charge in [-0.05, 0) is 47.7 Å². The van der Waals surface area contributed by atoms with Crippen molar-refractivity contribution in [1.29, 1.82) is 0 Å². The monoisotopic (exact) mass is 642 g/mol. The van der Waals surface area contributed by atoms with Crippen LogP contribution in [0.1, 0.15) is 48.7 Å². The van der Waals surface area contributed by atoms with E-state index >= 15 is 0 Å². The van der Waals surface area contributed by atoms with E-state index < -0.39 is 22.3 Å². The van der Waals surface area contributed by atoms with E-state index in [1.807, 2.05) is 43.5 Å². The van der Waals surface area contributed by atoms with Gasteiger partial charge in [0.15, 0.2) is 0 Å². The highest BCUT2D eigenvalue weighted by Crippen LogP contribution is 2.40. The Morgan fingerprint density at radius 3 is 2.59 bits per heavy atom. The number of morpholine rings is 1. The number of anilines is 2. The number of rotatable bonds is 7. The van der Waals surface area contributed by atoms with Gasteiger partial charge in [0, 0.05) is 67.2 Å². The Kier molecular flexibility index (Phi) is 10.0. The molecular formula is C31H42N6O5S2. The molecule has 11 nitrogen and oxygen atoms in total. The minimum Gasteiger partial charge on any atom is -0.379 e. The van der Waals surface area contributed by atoms with Crippen molar-refractivity contribution < 1.29 is 23.1 Å². The molecule has 2 aromatic heterocycles. The van der Waals surface area contributed by atoms with Gasteiger partial charge < -0.3 is 15.2 Å². The normalized spacial score (nSPS) is 18.8. The molecule has 5 rings (SSSR count). The minimum atomic E-state index is -3.37. The van der Waals surface area contributed by atoms with Crippen LogP contribution in [-0.2, 0) is 26.7 Å². The smallest absolute Gasteiger partial charge is 0.324 e. The van der Waals surface area contributed by atoms with Crippen LogP contribution < -0.4 is 15.4 Å². The fraction of sp³-hybridized carbons (Fsp3) is 0.484. The van der Waals surface area contributed by atoms with Crippen molar-refractivity contribution in [3.8, 4) is 11.1 Å². The van der Waals surface area contributed by atoms with Gasteiger partial charge in [-0.25, -0.2) is 17.9 Å². The molecule has 2 aliphatic rings. The molecule has 4 N–H and O–H groups in total. The van der Waals surface area contributed by atoms with Crippen LogP contribution in [0.15, 0.2) is 42.6 Å². The molecule has 4 heterocycles. The van der Waals surface area contributed by atoms with E-state index in [0.717, 1.165) is 60.1 Å². The Balaban J connectivity index is 1.30. The maximum Gasteiger partial charge on any atom is 0.324 e. The van der Waals surface area contributed by atoms with Crippen molar-refractivity contribution >= 4 is 38.1 Å². The number of benzene rings is 1. The largest absolute Gasteiger partial charge is 0.379 e. The van der Waals surface area contributed by atoms with Crippen LogP contribution in [-0.4, -0.2) is 86.0 Å². The maximum absolute atomic E-state index is 13.3. The second-order valence-corrected chi connectivity index (χ2v) is 15.3. The number of hydrogen-bond acceptors (Lipinski definition) is 9. The average Bonchev–Trinajstić information content (AvgIpc) is 3.31. The lowest BCUT2D eigenvalue weighted by atomic mass is 9.94. The van der Waals surface area contributed by atoms with Gasteiger partial charge in [-0.1, -0.05) is 32.9 Å². The topological polar surface area (TPSA) is 136 Å². The fourth-order valence-corrected chi connectivity index (χ4v) is 7.37. The zero-order valence-electron chi connectivity index (χ0n) is 25.7. The van der Waals surface area contributed by atoms with Gasteiger partial charge in [-0.3, -0.25) is 20.1 Å². The summed E-state index contributed by atoms with van der Waals surface area (Å²) >= 11 is 1.41. The molecule has 1 atom stereocenters. The third kappa shape index (κ3) is 8.21. The van der Waals surface area contributed by atoms with Crippen molar-refractivity contribution in [3.63, 3.8) is 0 Å². The number of amides is 2. The van der Waals surface area contributed by atoms with Crippen LogP contribution in [0.3, 0.4) is 0 Å². The summed E-state index contributed by atoms with van der Waals surface area (Å²) in [5, 5.41) is 17.7. The Bertz CT molecular complexity index is 1560. The molecule has 1 unspecified atom stereocenters. The molecule has 0 saturated carbocycles. The predicted octanol–water partition coefficient (Wildman–Crippen LogP) is 4.12. The Labute approximate surface area is 263 Å². The van der Waals surface area contributed by atoms with Crippen LogP contribution in [0, 0.1) is 6.92 Å². The first-order chi connectivity index (χ1) is 20.9. The molecule has 2 fully saturated rings. The zero-order chi connectivity index (χ0) is 31.5. The Morgan fingerprint density at radius 1 is 1.11 bits per heavy atom. The summed E-state index contributed by atoms with van der Waals surface area (Å²) in [5.74, 6) is -0.106. The van der Waals surface area contributed by atoms with Crippen LogP contribution >= 0.6 is 11.3 Å². The summed E-state index contributed by atoms with van der Waals surface area (Å²) in [5.41, 5.74) is 4.96. The van der Waals surface area contributed by atoms with Crippen molar-refractivity contribution in [3.05, 3.63) is 64.3 Å². The minimum absolute atomic E-state index is 0.106. The van der Waals surface area contributed by atoms with E-state index in [0.29, 0.717) is 22.8 Å². The van der Waals surface area contributed by atoms with Gasteiger partial charge >= 0.3 is 6.03 Å². The van der Waals surface area contributed by atoms with E-state index in [4.69, 9.17) is 9.72 Å². The predicted molar refractivity (Wildman–Crippen MR) is 174 cm³/mol. The van der Waals surface area contributed by atoms with Crippen molar-refractivity contribution in [1.82, 2.24) is 19.5 Å². The molecule has 0 spiro atoms. The SMILES string of the molecule is Cc1ccc(NC(=O)Nc2sc(C(C)(C)C)cc2C(O)N2CCNS(=O)(=O)CC2)cc1-c1ccc(CN2CCOCC2)nc1. The van der Waals surface area contributed by atoms with E-state index in [1.165, 1.54) is 11.3 Å². The Hall–Kier alpha value is -2.91. The molecule has 0 aliphatic carbocycles. The number of aliphatic hydroxyl groups is 1. The lowest BCUT2D eigenvalue weighted by Crippen LogP contribution is -2.35. The van der Waals surface area contributed by atoms with Gasteiger partial charge in [0.05, 0.1) is 24.7 Å². The highest BCUT2D eigenvalue weighted by molar-refractivity contribution is 7.89. The summed E-state index contributed by atoms with van der Waals surface area (Å²) in [6.45, 7) is 13.1. The lowest BCUT2D eigenvalue weighted by Gasteiger charge is -2.26. The second-order valence-electron chi connectivity index (χ2n) is 12.3. The quantitative estimate of drug-likeness (QED) is 0.302. The number of hydrogen-bond donors (Lipinski definition) is 4. The summed E-state index contributed by atoms with van der Waals surface area (Å²) in [7, 11) is -3.37. The van der Waals surface area contributed by atoms with Gasteiger partial charge in [0.1, 0.15) is 11.2 Å². The Morgan fingerprint density at radius 2 is 1.89 bits per heavy atom. The first-order valence-corrected chi connectivity index (χ1v) is 17.3. The van der Waals surface area contributed by atoms with Gasteiger partial charge in [0.2, 0.25) is 10.0 Å². The number of sulfonamides is 1. The standard InChI is InChI=1S/C31H42N6O5S2/c1-21-5-7-23(17-25(21)22-6-8-24(32-19-22)20-36-11-14-42-15-12-36)34-30(39)35-28-26(18-27(43-28)31(2,3)4)29(38)37-10-9-33-44(40,41)16-13-37/h5-8,17-19,29,33,38H,9-16,20H2,1-4H3,(H2,34,35,39). The molecule has 2 amide bonds. The van der Waals surface area contributed by atoms with Crippen LogP contribution in [0.4, 0.5) is 15.5 Å². The molecule has 1 aromatic carbocycles. The first kappa shape index (κ1) is 32.5. The zero-order valence-corrected chi connectivity index (χ0v) is 27.4. The van der Waals surface area contributed by atoms with E-state index in [1.54, 1.807) is 4.90 Å². The van der Waals surface area contributed by atoms with E-state index in [2.05, 4.69) is 47.1 Å². The third-order valence-electron chi connectivity index (χ3n) is 7.84. The number of carbonyl (C=O) groups excluding carboxylic acids is 1. The number of aryl methyl sites for hydroxylation is 1. The van der Waals surface area contributed by atoms with Gasteiger partial charge in [-0.15, -0.1) is 11.3 Å². The number of carbonyl (C=O) groups is 1. The van der Waals surface area contributed by atoms with Gasteiger partial charge in [-0.2, -0.15) is 0 Å². The molecule has 238 valence electrons. The first-order valence-electron chi connectivity index (χ1n) is 14.9. The molecule has 0 bridgehead atoms.